The molecule has 0 atom stereocenters. The minimum atomic E-state index is -0.391. The topological polar surface area (TPSA) is 42.0 Å². The van der Waals surface area contributed by atoms with Crippen LogP contribution in [0.3, 0.4) is 0 Å². The number of likely N-dealkylation sites (N-methyl/N-ethyl adjacent to an activating group) is 1. The number of ether oxygens (including phenoxy) is 2. The van der Waals surface area contributed by atoms with Gasteiger partial charge in [0.15, 0.2) is 0 Å². The molecule has 2 aromatic carbocycles. The Labute approximate surface area is 179 Å². The highest BCUT2D eigenvalue weighted by molar-refractivity contribution is 6.16. The first-order chi connectivity index (χ1) is 14.6. The number of aryl methyl sites for hydroxylation is 2. The van der Waals surface area contributed by atoms with Crippen molar-refractivity contribution in [2.75, 3.05) is 47.4 Å². The van der Waals surface area contributed by atoms with E-state index < -0.39 is 5.97 Å². The second kappa shape index (κ2) is 11.0. The lowest BCUT2D eigenvalue weighted by atomic mass is 9.95. The Hall–Kier alpha value is -2.63. The van der Waals surface area contributed by atoms with Crippen LogP contribution in [0.2, 0.25) is 0 Å². The molecule has 0 unspecified atom stereocenters. The fraction of sp³-hybridized carbons (Fsp3) is 0.400. The fourth-order valence-electron chi connectivity index (χ4n) is 3.80. The van der Waals surface area contributed by atoms with E-state index in [-0.39, 0.29) is 0 Å². The minimum Gasteiger partial charge on any atom is -0.503 e. The molecule has 1 fully saturated rings. The van der Waals surface area contributed by atoms with Gasteiger partial charge in [-0.25, -0.2) is 4.79 Å². The monoisotopic (exact) mass is 408 g/mol. The van der Waals surface area contributed by atoms with Crippen LogP contribution in [0.1, 0.15) is 22.3 Å². The van der Waals surface area contributed by atoms with Gasteiger partial charge in [0.05, 0.1) is 20.5 Å². The molecule has 1 saturated heterocycles. The van der Waals surface area contributed by atoms with E-state index in [1.54, 1.807) is 0 Å². The maximum Gasteiger partial charge on any atom is 0.341 e. The van der Waals surface area contributed by atoms with E-state index in [2.05, 4.69) is 47.2 Å². The third kappa shape index (κ3) is 5.94. The van der Waals surface area contributed by atoms with Crippen molar-refractivity contribution in [2.24, 2.45) is 0 Å². The van der Waals surface area contributed by atoms with Gasteiger partial charge in [-0.05, 0) is 42.1 Å². The van der Waals surface area contributed by atoms with Gasteiger partial charge in [0.1, 0.15) is 5.57 Å². The number of hydrogen-bond acceptors (Lipinski definition) is 5. The zero-order valence-corrected chi connectivity index (χ0v) is 18.3. The number of esters is 1. The van der Waals surface area contributed by atoms with Crippen molar-refractivity contribution in [1.82, 2.24) is 9.80 Å². The first-order valence-corrected chi connectivity index (χ1v) is 10.5. The predicted octanol–water partition coefficient (Wildman–Crippen LogP) is 3.38. The molecule has 30 heavy (non-hydrogen) atoms. The van der Waals surface area contributed by atoms with Gasteiger partial charge >= 0.3 is 5.97 Å². The van der Waals surface area contributed by atoms with Gasteiger partial charge in [-0.3, -0.25) is 4.90 Å². The number of rotatable bonds is 8. The van der Waals surface area contributed by atoms with E-state index in [1.807, 2.05) is 18.2 Å². The highest BCUT2D eigenvalue weighted by atomic mass is 16.5. The maximum absolute atomic E-state index is 12.2. The van der Waals surface area contributed by atoms with Gasteiger partial charge < -0.3 is 14.4 Å². The summed E-state index contributed by atoms with van der Waals surface area (Å²) in [7, 11) is 5.11. The minimum absolute atomic E-state index is 0.391. The predicted molar refractivity (Wildman–Crippen MR) is 120 cm³/mol. The van der Waals surface area contributed by atoms with Crippen LogP contribution in [0.25, 0.3) is 5.57 Å². The number of carbonyl (C=O) groups is 1. The lowest BCUT2D eigenvalue weighted by Crippen LogP contribution is -2.43. The molecular formula is C25H32N2O3. The van der Waals surface area contributed by atoms with Crippen LogP contribution >= 0.6 is 0 Å². The summed E-state index contributed by atoms with van der Waals surface area (Å²) in [4.78, 5) is 17.1. The zero-order chi connectivity index (χ0) is 21.3. The molecule has 0 amide bonds. The summed E-state index contributed by atoms with van der Waals surface area (Å²) in [6, 6.07) is 16.9. The van der Waals surface area contributed by atoms with Crippen molar-refractivity contribution in [3.05, 3.63) is 77.0 Å². The van der Waals surface area contributed by atoms with Gasteiger partial charge in [0.25, 0.3) is 0 Å². The van der Waals surface area contributed by atoms with E-state index >= 15 is 0 Å². The second-order valence-corrected chi connectivity index (χ2v) is 7.81. The van der Waals surface area contributed by atoms with Crippen LogP contribution in [0.15, 0.2) is 54.8 Å². The average molecular weight is 409 g/mol. The molecule has 0 N–H and O–H groups in total. The summed E-state index contributed by atoms with van der Waals surface area (Å²) in [6.07, 6.45) is 3.21. The molecule has 0 bridgehead atoms. The number of hydrogen-bond donors (Lipinski definition) is 0. The largest absolute Gasteiger partial charge is 0.503 e. The first kappa shape index (κ1) is 22.1. The highest BCUT2D eigenvalue weighted by Crippen LogP contribution is 2.22. The van der Waals surface area contributed by atoms with E-state index in [9.17, 15) is 4.79 Å². The Morgan fingerprint density at radius 2 is 1.60 bits per heavy atom. The van der Waals surface area contributed by atoms with Crippen LogP contribution < -0.4 is 0 Å². The molecule has 1 heterocycles. The standard InChI is InChI=1S/C25H32N2O3/c1-26-14-16-27(17-15-26)18-21-10-8-20(9-11-21)12-13-22-6-4-5-7-23(22)24(19-29-2)25(28)30-3/h4-11,19H,12-18H2,1-3H3/b24-19+. The summed E-state index contributed by atoms with van der Waals surface area (Å²) in [6.45, 7) is 5.56. The number of benzene rings is 2. The number of methoxy groups -OCH3 is 2. The summed E-state index contributed by atoms with van der Waals surface area (Å²) >= 11 is 0. The zero-order valence-electron chi connectivity index (χ0n) is 18.3. The van der Waals surface area contributed by atoms with E-state index in [0.717, 1.165) is 56.7 Å². The van der Waals surface area contributed by atoms with Crippen molar-refractivity contribution in [2.45, 2.75) is 19.4 Å². The lowest BCUT2D eigenvalue weighted by Gasteiger charge is -2.32. The molecule has 1 aliphatic rings. The van der Waals surface area contributed by atoms with Crippen molar-refractivity contribution in [3.63, 3.8) is 0 Å². The van der Waals surface area contributed by atoms with E-state index in [0.29, 0.717) is 5.57 Å². The molecule has 0 saturated carbocycles. The van der Waals surface area contributed by atoms with Crippen LogP contribution in [-0.2, 0) is 33.7 Å². The SMILES string of the molecule is CO/C=C(/C(=O)OC)c1ccccc1CCc1ccc(CN2CCN(C)CC2)cc1. The quantitative estimate of drug-likeness (QED) is 0.381. The molecule has 5 nitrogen and oxygen atoms in total. The van der Waals surface area contributed by atoms with Crippen molar-refractivity contribution >= 4 is 11.5 Å². The molecular weight excluding hydrogens is 376 g/mol. The van der Waals surface area contributed by atoms with Crippen molar-refractivity contribution in [3.8, 4) is 0 Å². The summed E-state index contributed by atoms with van der Waals surface area (Å²) < 4.78 is 10.0. The Morgan fingerprint density at radius 1 is 0.933 bits per heavy atom. The van der Waals surface area contributed by atoms with Crippen LogP contribution in [0.4, 0.5) is 0 Å². The molecule has 0 radical (unpaired) electrons. The van der Waals surface area contributed by atoms with E-state index in [1.165, 1.54) is 31.6 Å². The number of piperazine rings is 1. The summed E-state index contributed by atoms with van der Waals surface area (Å²) in [5, 5.41) is 0. The first-order valence-electron chi connectivity index (χ1n) is 10.5. The average Bonchev–Trinajstić information content (AvgIpc) is 2.78. The van der Waals surface area contributed by atoms with Gasteiger partial charge in [-0.2, -0.15) is 0 Å². The van der Waals surface area contributed by atoms with Crippen molar-refractivity contribution < 1.29 is 14.3 Å². The van der Waals surface area contributed by atoms with Crippen LogP contribution in [-0.4, -0.2) is 63.2 Å². The Balaban J connectivity index is 1.63. The Bertz CT molecular complexity index is 853. The molecule has 160 valence electrons. The van der Waals surface area contributed by atoms with Gasteiger partial charge in [0.2, 0.25) is 0 Å². The highest BCUT2D eigenvalue weighted by Gasteiger charge is 2.17. The molecule has 3 rings (SSSR count). The maximum atomic E-state index is 12.2. The normalized spacial score (nSPS) is 15.8. The number of carbonyl (C=O) groups excluding carboxylic acids is 1. The van der Waals surface area contributed by atoms with Gasteiger partial charge in [-0.15, -0.1) is 0 Å². The molecule has 2 aromatic rings. The van der Waals surface area contributed by atoms with Gasteiger partial charge in [-0.1, -0.05) is 48.5 Å². The molecule has 0 aromatic heterocycles. The molecule has 0 spiro atoms. The van der Waals surface area contributed by atoms with Crippen molar-refractivity contribution in [1.29, 1.82) is 0 Å². The smallest absolute Gasteiger partial charge is 0.341 e. The Kier molecular flexibility index (Phi) is 8.05. The molecule has 5 heteroatoms. The lowest BCUT2D eigenvalue weighted by molar-refractivity contribution is -0.133. The van der Waals surface area contributed by atoms with E-state index in [4.69, 9.17) is 9.47 Å². The molecule has 1 aliphatic heterocycles. The number of nitrogens with zero attached hydrogens (tertiary/aromatic N) is 2. The van der Waals surface area contributed by atoms with Gasteiger partial charge in [0, 0.05) is 32.7 Å². The fourth-order valence-corrected chi connectivity index (χ4v) is 3.80. The Morgan fingerprint density at radius 3 is 2.27 bits per heavy atom. The third-order valence-corrected chi connectivity index (χ3v) is 5.66. The van der Waals surface area contributed by atoms with Crippen LogP contribution in [0, 0.1) is 0 Å². The third-order valence-electron chi connectivity index (χ3n) is 5.66. The molecule has 0 aliphatic carbocycles. The van der Waals surface area contributed by atoms with Crippen LogP contribution in [0.5, 0.6) is 0 Å². The summed E-state index contributed by atoms with van der Waals surface area (Å²) in [5.41, 5.74) is 5.06. The second-order valence-electron chi connectivity index (χ2n) is 7.81. The summed E-state index contributed by atoms with van der Waals surface area (Å²) in [5.74, 6) is -0.391.